The second-order valence-electron chi connectivity index (χ2n) is 7.05. The van der Waals surface area contributed by atoms with Gasteiger partial charge in [0, 0.05) is 18.0 Å². The number of amides is 1. The molecule has 0 saturated carbocycles. The van der Waals surface area contributed by atoms with E-state index in [1.165, 1.54) is 22.6 Å². The van der Waals surface area contributed by atoms with Gasteiger partial charge in [-0.2, -0.15) is 0 Å². The van der Waals surface area contributed by atoms with Crippen molar-refractivity contribution in [1.82, 2.24) is 9.38 Å². The van der Waals surface area contributed by atoms with Gasteiger partial charge in [-0.05, 0) is 55.0 Å². The molecule has 0 radical (unpaired) electrons. The number of aromatic nitrogens is 2. The predicted molar refractivity (Wildman–Crippen MR) is 117 cm³/mol. The van der Waals surface area contributed by atoms with Crippen molar-refractivity contribution in [3.05, 3.63) is 100 Å². The molecule has 0 aliphatic carbocycles. The SMILES string of the molecule is Cc1cccn2c(=O)cc(COc3ccc(NC(=O)COc4ccccc4F)cc3)nc12. The lowest BCUT2D eigenvalue weighted by atomic mass is 10.3. The lowest BCUT2D eigenvalue weighted by Gasteiger charge is -2.10. The molecular formula is C24H20FN3O4. The van der Waals surface area contributed by atoms with E-state index in [-0.39, 0.29) is 24.5 Å². The highest BCUT2D eigenvalue weighted by Crippen LogP contribution is 2.18. The molecule has 0 aliphatic heterocycles. The summed E-state index contributed by atoms with van der Waals surface area (Å²) in [4.78, 5) is 28.8. The van der Waals surface area contributed by atoms with Crippen LogP contribution < -0.4 is 20.3 Å². The molecule has 4 aromatic rings. The van der Waals surface area contributed by atoms with Crippen LogP contribution in [0.4, 0.5) is 10.1 Å². The number of nitrogens with one attached hydrogen (secondary N) is 1. The van der Waals surface area contributed by atoms with Gasteiger partial charge >= 0.3 is 0 Å². The van der Waals surface area contributed by atoms with Gasteiger partial charge in [0.1, 0.15) is 18.0 Å². The number of halogens is 1. The summed E-state index contributed by atoms with van der Waals surface area (Å²) in [6.07, 6.45) is 1.68. The number of carbonyl (C=O) groups excluding carboxylic acids is 1. The fourth-order valence-electron chi connectivity index (χ4n) is 3.08. The first kappa shape index (κ1) is 21.0. The van der Waals surface area contributed by atoms with Gasteiger partial charge in [-0.3, -0.25) is 14.0 Å². The minimum absolute atomic E-state index is 0.0172. The van der Waals surface area contributed by atoms with E-state index in [4.69, 9.17) is 9.47 Å². The van der Waals surface area contributed by atoms with Crippen LogP contribution >= 0.6 is 0 Å². The molecule has 162 valence electrons. The van der Waals surface area contributed by atoms with Gasteiger partial charge < -0.3 is 14.8 Å². The third kappa shape index (κ3) is 4.92. The van der Waals surface area contributed by atoms with Gasteiger partial charge in [0.2, 0.25) is 0 Å². The lowest BCUT2D eigenvalue weighted by Crippen LogP contribution is -2.20. The Hall–Kier alpha value is -4.20. The smallest absolute Gasteiger partial charge is 0.262 e. The van der Waals surface area contributed by atoms with E-state index in [9.17, 15) is 14.0 Å². The molecule has 1 amide bonds. The van der Waals surface area contributed by atoms with E-state index in [0.29, 0.717) is 22.8 Å². The Labute approximate surface area is 183 Å². The average molecular weight is 433 g/mol. The van der Waals surface area contributed by atoms with Crippen LogP contribution in [0.15, 0.2) is 77.7 Å². The zero-order valence-electron chi connectivity index (χ0n) is 17.2. The molecule has 2 heterocycles. The fraction of sp³-hybridized carbons (Fsp3) is 0.125. The van der Waals surface area contributed by atoms with Gasteiger partial charge in [0.15, 0.2) is 18.2 Å². The van der Waals surface area contributed by atoms with E-state index < -0.39 is 11.7 Å². The first-order chi connectivity index (χ1) is 15.5. The number of hydrogen-bond donors (Lipinski definition) is 1. The Morgan fingerprint density at radius 1 is 1.06 bits per heavy atom. The Bertz CT molecular complexity index is 1320. The molecule has 7 nitrogen and oxygen atoms in total. The third-order valence-corrected chi connectivity index (χ3v) is 4.66. The number of aryl methyl sites for hydroxylation is 1. The molecule has 0 spiro atoms. The molecule has 0 saturated heterocycles. The van der Waals surface area contributed by atoms with Crippen molar-refractivity contribution in [2.24, 2.45) is 0 Å². The number of benzene rings is 2. The second kappa shape index (κ2) is 9.30. The number of nitrogens with zero attached hydrogens (tertiary/aromatic N) is 2. The molecule has 2 aromatic carbocycles. The Morgan fingerprint density at radius 3 is 2.62 bits per heavy atom. The molecule has 0 aliphatic rings. The van der Waals surface area contributed by atoms with Gasteiger partial charge in [0.05, 0.1) is 5.69 Å². The van der Waals surface area contributed by atoms with E-state index in [1.807, 2.05) is 13.0 Å². The quantitative estimate of drug-likeness (QED) is 0.480. The second-order valence-corrected chi connectivity index (χ2v) is 7.05. The van der Waals surface area contributed by atoms with Crippen LogP contribution in [0.1, 0.15) is 11.3 Å². The highest BCUT2D eigenvalue weighted by Gasteiger charge is 2.08. The van der Waals surface area contributed by atoms with Crippen molar-refractivity contribution in [2.45, 2.75) is 13.5 Å². The van der Waals surface area contributed by atoms with Crippen molar-refractivity contribution in [2.75, 3.05) is 11.9 Å². The minimum Gasteiger partial charge on any atom is -0.487 e. The van der Waals surface area contributed by atoms with Crippen molar-refractivity contribution in [3.63, 3.8) is 0 Å². The maximum Gasteiger partial charge on any atom is 0.262 e. The van der Waals surface area contributed by atoms with E-state index in [0.717, 1.165) is 5.56 Å². The summed E-state index contributed by atoms with van der Waals surface area (Å²) in [6, 6.07) is 17.7. The fourth-order valence-corrected chi connectivity index (χ4v) is 3.08. The first-order valence-electron chi connectivity index (χ1n) is 9.87. The van der Waals surface area contributed by atoms with Gasteiger partial charge in [0.25, 0.3) is 11.5 Å². The third-order valence-electron chi connectivity index (χ3n) is 4.66. The Balaban J connectivity index is 1.33. The van der Waals surface area contributed by atoms with Crippen LogP contribution in [-0.2, 0) is 11.4 Å². The molecule has 4 rings (SSSR count). The number of ether oxygens (including phenoxy) is 2. The highest BCUT2D eigenvalue weighted by molar-refractivity contribution is 5.91. The van der Waals surface area contributed by atoms with Crippen LogP contribution in [0.3, 0.4) is 0 Å². The van der Waals surface area contributed by atoms with Gasteiger partial charge in [-0.15, -0.1) is 0 Å². The Morgan fingerprint density at radius 2 is 1.84 bits per heavy atom. The standard InChI is InChI=1S/C24H20FN3O4/c1-16-5-4-12-28-23(30)13-18(27-24(16)28)14-31-19-10-8-17(9-11-19)26-22(29)15-32-21-7-3-2-6-20(21)25/h2-13H,14-15H2,1H3,(H,26,29). The van der Waals surface area contributed by atoms with E-state index in [2.05, 4.69) is 10.3 Å². The monoisotopic (exact) mass is 433 g/mol. The number of rotatable bonds is 7. The number of carbonyl (C=O) groups is 1. The first-order valence-corrected chi connectivity index (χ1v) is 9.87. The zero-order valence-corrected chi connectivity index (χ0v) is 17.2. The summed E-state index contributed by atoms with van der Waals surface area (Å²) < 4.78 is 25.9. The maximum atomic E-state index is 13.5. The summed E-state index contributed by atoms with van der Waals surface area (Å²) in [5.41, 5.74) is 2.37. The van der Waals surface area contributed by atoms with Crippen LogP contribution in [0.2, 0.25) is 0 Å². The minimum atomic E-state index is -0.527. The molecule has 0 fully saturated rings. The molecule has 32 heavy (non-hydrogen) atoms. The summed E-state index contributed by atoms with van der Waals surface area (Å²) in [6.45, 7) is 1.70. The van der Waals surface area contributed by atoms with E-state index >= 15 is 0 Å². The Kier molecular flexibility index (Phi) is 6.12. The van der Waals surface area contributed by atoms with Crippen LogP contribution in [-0.4, -0.2) is 21.9 Å². The molecule has 0 unspecified atom stereocenters. The lowest BCUT2D eigenvalue weighted by molar-refractivity contribution is -0.118. The maximum absolute atomic E-state index is 13.5. The van der Waals surface area contributed by atoms with Crippen molar-refractivity contribution < 1.29 is 18.7 Å². The molecule has 8 heteroatoms. The molecule has 2 aromatic heterocycles. The largest absolute Gasteiger partial charge is 0.487 e. The zero-order chi connectivity index (χ0) is 22.5. The summed E-state index contributed by atoms with van der Waals surface area (Å²) >= 11 is 0. The molecular weight excluding hydrogens is 413 g/mol. The average Bonchev–Trinajstić information content (AvgIpc) is 2.79. The highest BCUT2D eigenvalue weighted by atomic mass is 19.1. The number of pyridine rings is 1. The van der Waals surface area contributed by atoms with Crippen molar-refractivity contribution in [1.29, 1.82) is 0 Å². The number of anilines is 1. The van der Waals surface area contributed by atoms with E-state index in [1.54, 1.807) is 48.7 Å². The molecule has 1 N–H and O–H groups in total. The summed E-state index contributed by atoms with van der Waals surface area (Å²) in [5, 5.41) is 2.67. The van der Waals surface area contributed by atoms with Crippen LogP contribution in [0.5, 0.6) is 11.5 Å². The summed E-state index contributed by atoms with van der Waals surface area (Å²) in [5.74, 6) is -0.375. The predicted octanol–water partition coefficient (Wildman–Crippen LogP) is 3.74. The van der Waals surface area contributed by atoms with Crippen LogP contribution in [0.25, 0.3) is 5.65 Å². The van der Waals surface area contributed by atoms with Crippen molar-refractivity contribution >= 4 is 17.2 Å². The van der Waals surface area contributed by atoms with Gasteiger partial charge in [-0.1, -0.05) is 18.2 Å². The van der Waals surface area contributed by atoms with Gasteiger partial charge in [-0.25, -0.2) is 9.37 Å². The van der Waals surface area contributed by atoms with Crippen LogP contribution in [0, 0.1) is 12.7 Å². The number of fused-ring (bicyclic) bond motifs is 1. The number of hydrogen-bond acceptors (Lipinski definition) is 5. The molecule has 0 atom stereocenters. The topological polar surface area (TPSA) is 81.9 Å². The normalized spacial score (nSPS) is 10.7. The molecule has 0 bridgehead atoms. The number of para-hydroxylation sites is 1. The summed E-state index contributed by atoms with van der Waals surface area (Å²) in [7, 11) is 0. The van der Waals surface area contributed by atoms with Crippen molar-refractivity contribution in [3.8, 4) is 11.5 Å².